The van der Waals surface area contributed by atoms with E-state index >= 15 is 0 Å². The Bertz CT molecular complexity index is 883. The number of esters is 2. The summed E-state index contributed by atoms with van der Waals surface area (Å²) in [6, 6.07) is 6.59. The van der Waals surface area contributed by atoms with Crippen molar-refractivity contribution in [1.29, 1.82) is 0 Å². The zero-order valence-electron chi connectivity index (χ0n) is 16.2. The lowest BCUT2D eigenvalue weighted by Gasteiger charge is -2.10. The van der Waals surface area contributed by atoms with Gasteiger partial charge in [0.25, 0.3) is 5.91 Å². The van der Waals surface area contributed by atoms with Crippen molar-refractivity contribution in [2.24, 2.45) is 0 Å². The van der Waals surface area contributed by atoms with Gasteiger partial charge in [-0.25, -0.2) is 9.59 Å². The van der Waals surface area contributed by atoms with Gasteiger partial charge in [0.15, 0.2) is 0 Å². The maximum Gasteiger partial charge on any atom is 0.355 e. The number of ether oxygens (including phenoxy) is 2. The second-order valence-corrected chi connectivity index (χ2v) is 5.89. The highest BCUT2D eigenvalue weighted by atomic mass is 16.5. The van der Waals surface area contributed by atoms with Crippen LogP contribution < -0.4 is 5.32 Å². The predicted molar refractivity (Wildman–Crippen MR) is 101 cm³/mol. The maximum atomic E-state index is 13.0. The number of methoxy groups -OCH3 is 1. The zero-order valence-corrected chi connectivity index (χ0v) is 16.2. The minimum absolute atomic E-state index is 0.250. The summed E-state index contributed by atoms with van der Waals surface area (Å²) < 4.78 is 11.6. The molecule has 1 aromatic carbocycles. The summed E-state index contributed by atoms with van der Waals surface area (Å²) in [4.78, 5) is 37.2. The van der Waals surface area contributed by atoms with E-state index in [0.29, 0.717) is 34.7 Å². The highest BCUT2D eigenvalue weighted by Gasteiger charge is 2.27. The van der Waals surface area contributed by atoms with E-state index in [1.165, 1.54) is 7.11 Å². The van der Waals surface area contributed by atoms with Crippen LogP contribution in [0.15, 0.2) is 24.3 Å². The van der Waals surface area contributed by atoms with Crippen LogP contribution in [-0.4, -0.2) is 36.1 Å². The Hall–Kier alpha value is -3.09. The molecule has 7 nitrogen and oxygen atoms in total. The third kappa shape index (κ3) is 3.86. The number of carbonyl (C=O) groups excluding carboxylic acids is 3. The molecule has 0 saturated heterocycles. The fraction of sp³-hybridized carbons (Fsp3) is 0.350. The molecule has 1 N–H and O–H groups in total. The standard InChI is InChI=1S/C20H24N2O5/c1-6-22-13(4)16(12(3)17(22)20(25)27-7-2)18(23)21-15-11-9-8-10-14(15)19(24)26-5/h8-11H,6-7H2,1-5H3,(H,21,23). The molecule has 0 saturated carbocycles. The molecular formula is C20H24N2O5. The van der Waals surface area contributed by atoms with Crippen LogP contribution in [0.4, 0.5) is 5.69 Å². The summed E-state index contributed by atoms with van der Waals surface area (Å²) in [5.74, 6) is -1.41. The zero-order chi connectivity index (χ0) is 20.1. The third-order valence-electron chi connectivity index (χ3n) is 4.36. The monoisotopic (exact) mass is 372 g/mol. The predicted octanol–water partition coefficient (Wildman–Crippen LogP) is 3.34. The highest BCUT2D eigenvalue weighted by molar-refractivity contribution is 6.10. The quantitative estimate of drug-likeness (QED) is 0.786. The molecule has 0 aliphatic heterocycles. The maximum absolute atomic E-state index is 13.0. The molecule has 0 fully saturated rings. The van der Waals surface area contributed by atoms with Crippen LogP contribution in [0, 0.1) is 13.8 Å². The molecule has 27 heavy (non-hydrogen) atoms. The third-order valence-corrected chi connectivity index (χ3v) is 4.36. The molecule has 0 radical (unpaired) electrons. The first-order valence-electron chi connectivity index (χ1n) is 8.72. The fourth-order valence-corrected chi connectivity index (χ4v) is 3.15. The SMILES string of the molecule is CCOC(=O)c1c(C)c(C(=O)Nc2ccccc2C(=O)OC)c(C)n1CC. The number of nitrogens with zero attached hydrogens (tertiary/aromatic N) is 1. The second-order valence-electron chi connectivity index (χ2n) is 5.89. The van der Waals surface area contributed by atoms with Gasteiger partial charge in [0.05, 0.1) is 30.5 Å². The molecule has 2 rings (SSSR count). The summed E-state index contributed by atoms with van der Waals surface area (Å²) >= 11 is 0. The van der Waals surface area contributed by atoms with E-state index in [1.54, 1.807) is 49.6 Å². The Balaban J connectivity index is 2.47. The normalized spacial score (nSPS) is 10.4. The molecule has 0 aliphatic carbocycles. The molecule has 144 valence electrons. The van der Waals surface area contributed by atoms with Gasteiger partial charge in [-0.05, 0) is 45.4 Å². The molecule has 1 aromatic heterocycles. The number of amides is 1. The van der Waals surface area contributed by atoms with E-state index in [2.05, 4.69) is 5.32 Å². The summed E-state index contributed by atoms with van der Waals surface area (Å²) in [5.41, 5.74) is 2.55. The van der Waals surface area contributed by atoms with E-state index in [-0.39, 0.29) is 12.2 Å². The van der Waals surface area contributed by atoms with E-state index in [9.17, 15) is 14.4 Å². The van der Waals surface area contributed by atoms with Crippen LogP contribution in [0.3, 0.4) is 0 Å². The lowest BCUT2D eigenvalue weighted by atomic mass is 10.1. The first-order chi connectivity index (χ1) is 12.9. The molecule has 0 spiro atoms. The number of para-hydroxylation sites is 1. The highest BCUT2D eigenvalue weighted by Crippen LogP contribution is 2.25. The summed E-state index contributed by atoms with van der Waals surface area (Å²) in [6.07, 6.45) is 0. The number of benzene rings is 1. The lowest BCUT2D eigenvalue weighted by Crippen LogP contribution is -2.17. The smallest absolute Gasteiger partial charge is 0.355 e. The largest absolute Gasteiger partial charge is 0.465 e. The van der Waals surface area contributed by atoms with Gasteiger partial charge in [-0.1, -0.05) is 12.1 Å². The second kappa shape index (κ2) is 8.53. The number of anilines is 1. The van der Waals surface area contributed by atoms with Crippen LogP contribution in [0.25, 0.3) is 0 Å². The van der Waals surface area contributed by atoms with Gasteiger partial charge in [0.2, 0.25) is 0 Å². The number of nitrogens with one attached hydrogen (secondary N) is 1. The molecule has 0 aliphatic rings. The van der Waals surface area contributed by atoms with Gasteiger partial charge in [-0.15, -0.1) is 0 Å². The average molecular weight is 372 g/mol. The van der Waals surface area contributed by atoms with Gasteiger partial charge in [0, 0.05) is 12.2 Å². The Kier molecular flexibility index (Phi) is 6.39. The molecule has 0 bridgehead atoms. The van der Waals surface area contributed by atoms with Crippen molar-refractivity contribution in [1.82, 2.24) is 4.57 Å². The Morgan fingerprint density at radius 3 is 2.33 bits per heavy atom. The van der Waals surface area contributed by atoms with E-state index in [4.69, 9.17) is 9.47 Å². The Labute approximate surface area is 158 Å². The minimum atomic E-state index is -0.544. The van der Waals surface area contributed by atoms with E-state index in [1.807, 2.05) is 6.92 Å². The number of hydrogen-bond acceptors (Lipinski definition) is 5. The lowest BCUT2D eigenvalue weighted by molar-refractivity contribution is 0.0512. The molecule has 0 atom stereocenters. The van der Waals surface area contributed by atoms with Crippen LogP contribution >= 0.6 is 0 Å². The fourth-order valence-electron chi connectivity index (χ4n) is 3.15. The van der Waals surface area contributed by atoms with E-state index in [0.717, 1.165) is 0 Å². The first kappa shape index (κ1) is 20.2. The van der Waals surface area contributed by atoms with Gasteiger partial charge >= 0.3 is 11.9 Å². The van der Waals surface area contributed by atoms with Crippen LogP contribution in [0.1, 0.15) is 56.3 Å². The van der Waals surface area contributed by atoms with Crippen molar-refractivity contribution in [2.75, 3.05) is 19.0 Å². The first-order valence-corrected chi connectivity index (χ1v) is 8.72. The van der Waals surface area contributed by atoms with E-state index < -0.39 is 17.8 Å². The summed E-state index contributed by atoms with van der Waals surface area (Å²) in [5, 5.41) is 2.75. The van der Waals surface area contributed by atoms with Gasteiger partial charge in [-0.3, -0.25) is 4.79 Å². The van der Waals surface area contributed by atoms with Gasteiger partial charge in [-0.2, -0.15) is 0 Å². The Morgan fingerprint density at radius 1 is 1.07 bits per heavy atom. The van der Waals surface area contributed by atoms with Crippen molar-refractivity contribution < 1.29 is 23.9 Å². The van der Waals surface area contributed by atoms with Crippen LogP contribution in [0.5, 0.6) is 0 Å². The van der Waals surface area contributed by atoms with Crippen LogP contribution in [-0.2, 0) is 16.0 Å². The minimum Gasteiger partial charge on any atom is -0.465 e. The number of hydrogen-bond donors (Lipinski definition) is 1. The molecule has 7 heteroatoms. The van der Waals surface area contributed by atoms with Crippen LogP contribution in [0.2, 0.25) is 0 Å². The molecular weight excluding hydrogens is 348 g/mol. The number of carbonyl (C=O) groups is 3. The topological polar surface area (TPSA) is 86.6 Å². The van der Waals surface area contributed by atoms with Crippen molar-refractivity contribution in [2.45, 2.75) is 34.2 Å². The summed E-state index contributed by atoms with van der Waals surface area (Å²) in [6.45, 7) is 7.89. The summed E-state index contributed by atoms with van der Waals surface area (Å²) in [7, 11) is 1.28. The van der Waals surface area contributed by atoms with Crippen molar-refractivity contribution in [3.05, 3.63) is 52.3 Å². The van der Waals surface area contributed by atoms with Gasteiger partial charge in [0.1, 0.15) is 5.69 Å². The molecule has 1 amide bonds. The molecule has 0 unspecified atom stereocenters. The van der Waals surface area contributed by atoms with Crippen molar-refractivity contribution >= 4 is 23.5 Å². The molecule has 2 aromatic rings. The number of aromatic nitrogens is 1. The molecule has 1 heterocycles. The number of rotatable bonds is 6. The Morgan fingerprint density at radius 2 is 1.74 bits per heavy atom. The van der Waals surface area contributed by atoms with Crippen molar-refractivity contribution in [3.63, 3.8) is 0 Å². The van der Waals surface area contributed by atoms with Crippen molar-refractivity contribution in [3.8, 4) is 0 Å². The van der Waals surface area contributed by atoms with Gasteiger partial charge < -0.3 is 19.4 Å². The average Bonchev–Trinajstić information content (AvgIpc) is 2.91.